The van der Waals surface area contributed by atoms with Crippen LogP contribution in [0.5, 0.6) is 17.2 Å². The maximum atomic E-state index is 12.3. The molecule has 0 N–H and O–H groups in total. The van der Waals surface area contributed by atoms with Gasteiger partial charge < -0.3 is 18.9 Å². The van der Waals surface area contributed by atoms with Crippen LogP contribution < -0.4 is 14.2 Å². The molecule has 0 saturated carbocycles. The Morgan fingerprint density at radius 2 is 1.74 bits per heavy atom. The van der Waals surface area contributed by atoms with Crippen molar-refractivity contribution in [3.63, 3.8) is 0 Å². The molecule has 0 saturated heterocycles. The van der Waals surface area contributed by atoms with E-state index in [0.29, 0.717) is 23.8 Å². The van der Waals surface area contributed by atoms with E-state index in [9.17, 15) is 4.79 Å². The largest absolute Gasteiger partial charge is 0.493 e. The first-order chi connectivity index (χ1) is 16.6. The van der Waals surface area contributed by atoms with Crippen molar-refractivity contribution in [1.82, 2.24) is 9.97 Å². The molecule has 0 aliphatic carbocycles. The average molecular weight is 477 g/mol. The second-order valence-electron chi connectivity index (χ2n) is 7.30. The fourth-order valence-corrected chi connectivity index (χ4v) is 3.99. The summed E-state index contributed by atoms with van der Waals surface area (Å²) in [7, 11) is 3.18. The maximum Gasteiger partial charge on any atom is 0.312 e. The number of hydrogen-bond donors (Lipinski definition) is 0. The summed E-state index contributed by atoms with van der Waals surface area (Å²) in [4.78, 5) is 21.1. The topological polar surface area (TPSA) is 79.8 Å². The van der Waals surface area contributed by atoms with Crippen LogP contribution in [-0.2, 0) is 29.2 Å². The van der Waals surface area contributed by atoms with E-state index in [2.05, 4.69) is 9.97 Å². The Kier molecular flexibility index (Phi) is 7.72. The number of hydrogen-bond acceptors (Lipinski definition) is 8. The minimum absolute atomic E-state index is 0.106. The Morgan fingerprint density at radius 1 is 0.912 bits per heavy atom. The van der Waals surface area contributed by atoms with Crippen molar-refractivity contribution in [3.8, 4) is 27.8 Å². The fourth-order valence-electron chi connectivity index (χ4n) is 3.18. The van der Waals surface area contributed by atoms with E-state index in [1.807, 2.05) is 66.0 Å². The van der Waals surface area contributed by atoms with Crippen LogP contribution in [0.1, 0.15) is 17.0 Å². The molecule has 7 nitrogen and oxygen atoms in total. The number of thiazole rings is 1. The van der Waals surface area contributed by atoms with Gasteiger partial charge in [-0.05, 0) is 48.0 Å². The zero-order valence-electron chi connectivity index (χ0n) is 18.9. The summed E-state index contributed by atoms with van der Waals surface area (Å²) in [6, 6.07) is 18.7. The van der Waals surface area contributed by atoms with Crippen LogP contribution in [0.3, 0.4) is 0 Å². The van der Waals surface area contributed by atoms with E-state index in [4.69, 9.17) is 18.9 Å². The number of methoxy groups -OCH3 is 2. The summed E-state index contributed by atoms with van der Waals surface area (Å²) in [6.45, 7) is 0.583. The molecule has 34 heavy (non-hydrogen) atoms. The molecule has 0 aliphatic rings. The predicted octanol–water partition coefficient (Wildman–Crippen LogP) is 5.09. The molecule has 4 aromatic rings. The fraction of sp³-hybridized carbons (Fsp3) is 0.192. The standard InChI is InChI=1S/C26H24N2O5S/c1-30-23-11-8-19(13-24(23)31-2)26-28-21(17-34-26)14-25(29)33-15-18-6-9-22(10-7-18)32-16-20-5-3-4-12-27-20/h3-13,17H,14-16H2,1-2H3. The minimum atomic E-state index is -0.334. The normalized spacial score (nSPS) is 10.5. The first kappa shape index (κ1) is 23.3. The van der Waals surface area contributed by atoms with Crippen LogP contribution in [0.2, 0.25) is 0 Å². The third kappa shape index (κ3) is 6.11. The third-order valence-electron chi connectivity index (χ3n) is 4.94. The monoisotopic (exact) mass is 476 g/mol. The molecule has 0 unspecified atom stereocenters. The van der Waals surface area contributed by atoms with Gasteiger partial charge in [-0.3, -0.25) is 9.78 Å². The maximum absolute atomic E-state index is 12.3. The summed E-state index contributed by atoms with van der Waals surface area (Å²) in [5, 5.41) is 2.66. The Balaban J connectivity index is 1.27. The molecule has 0 atom stereocenters. The number of carbonyl (C=O) groups excluding carboxylic acids is 1. The Labute approximate surface area is 201 Å². The van der Waals surface area contributed by atoms with Gasteiger partial charge >= 0.3 is 5.97 Å². The number of ether oxygens (including phenoxy) is 4. The first-order valence-corrected chi connectivity index (χ1v) is 11.5. The predicted molar refractivity (Wildman–Crippen MR) is 129 cm³/mol. The lowest BCUT2D eigenvalue weighted by Gasteiger charge is -2.08. The van der Waals surface area contributed by atoms with Crippen LogP contribution in [0.25, 0.3) is 10.6 Å². The molecule has 0 spiro atoms. The second-order valence-corrected chi connectivity index (χ2v) is 8.16. The zero-order chi connectivity index (χ0) is 23.8. The van der Waals surface area contributed by atoms with Gasteiger partial charge in [-0.15, -0.1) is 11.3 Å². The van der Waals surface area contributed by atoms with E-state index in [1.165, 1.54) is 11.3 Å². The van der Waals surface area contributed by atoms with Gasteiger partial charge in [0.25, 0.3) is 0 Å². The molecular formula is C26H24N2O5S. The number of nitrogens with zero attached hydrogens (tertiary/aromatic N) is 2. The highest BCUT2D eigenvalue weighted by molar-refractivity contribution is 7.13. The highest BCUT2D eigenvalue weighted by atomic mass is 32.1. The lowest BCUT2D eigenvalue weighted by atomic mass is 10.2. The summed E-state index contributed by atoms with van der Waals surface area (Å²) in [5.41, 5.74) is 3.30. The van der Waals surface area contributed by atoms with Gasteiger partial charge in [-0.2, -0.15) is 0 Å². The summed E-state index contributed by atoms with van der Waals surface area (Å²) in [5.74, 6) is 1.68. The van der Waals surface area contributed by atoms with Crippen LogP contribution in [-0.4, -0.2) is 30.2 Å². The molecule has 0 aliphatic heterocycles. The van der Waals surface area contributed by atoms with E-state index >= 15 is 0 Å². The van der Waals surface area contributed by atoms with Crippen LogP contribution in [0.15, 0.2) is 72.2 Å². The smallest absolute Gasteiger partial charge is 0.312 e. The van der Waals surface area contributed by atoms with Gasteiger partial charge in [0, 0.05) is 17.1 Å². The highest BCUT2D eigenvalue weighted by Gasteiger charge is 2.13. The van der Waals surface area contributed by atoms with Gasteiger partial charge in [-0.1, -0.05) is 18.2 Å². The van der Waals surface area contributed by atoms with Crippen molar-refractivity contribution in [1.29, 1.82) is 0 Å². The SMILES string of the molecule is COc1ccc(-c2nc(CC(=O)OCc3ccc(OCc4ccccn4)cc3)cs2)cc1OC. The van der Waals surface area contributed by atoms with Crippen LogP contribution >= 0.6 is 11.3 Å². The Morgan fingerprint density at radius 3 is 2.47 bits per heavy atom. The van der Waals surface area contributed by atoms with E-state index < -0.39 is 0 Å². The molecule has 2 aromatic carbocycles. The first-order valence-electron chi connectivity index (χ1n) is 10.6. The van der Waals surface area contributed by atoms with Crippen molar-refractivity contribution in [3.05, 3.63) is 89.2 Å². The molecule has 4 rings (SSSR count). The van der Waals surface area contributed by atoms with E-state index in [-0.39, 0.29) is 19.0 Å². The molecule has 0 radical (unpaired) electrons. The quantitative estimate of drug-likeness (QED) is 0.295. The lowest BCUT2D eigenvalue weighted by Crippen LogP contribution is -2.08. The van der Waals surface area contributed by atoms with Crippen molar-refractivity contribution in [2.24, 2.45) is 0 Å². The van der Waals surface area contributed by atoms with Gasteiger partial charge in [0.15, 0.2) is 11.5 Å². The Bertz CT molecular complexity index is 1230. The zero-order valence-corrected chi connectivity index (χ0v) is 19.7. The second kappa shape index (κ2) is 11.3. The van der Waals surface area contributed by atoms with Crippen molar-refractivity contribution in [2.45, 2.75) is 19.6 Å². The average Bonchev–Trinajstić information content (AvgIpc) is 3.35. The number of aromatic nitrogens is 2. The number of carbonyl (C=O) groups is 1. The summed E-state index contributed by atoms with van der Waals surface area (Å²) >= 11 is 1.46. The third-order valence-corrected chi connectivity index (χ3v) is 5.88. The molecule has 0 fully saturated rings. The summed E-state index contributed by atoms with van der Waals surface area (Å²) in [6.07, 6.45) is 1.84. The lowest BCUT2D eigenvalue weighted by molar-refractivity contribution is -0.144. The summed E-state index contributed by atoms with van der Waals surface area (Å²) < 4.78 is 21.8. The molecule has 0 bridgehead atoms. The van der Waals surface area contributed by atoms with Gasteiger partial charge in [-0.25, -0.2) is 4.98 Å². The molecule has 2 heterocycles. The minimum Gasteiger partial charge on any atom is -0.493 e. The number of esters is 1. The Hall–Kier alpha value is -3.91. The van der Waals surface area contributed by atoms with E-state index in [1.54, 1.807) is 20.4 Å². The highest BCUT2D eigenvalue weighted by Crippen LogP contribution is 2.33. The van der Waals surface area contributed by atoms with Crippen LogP contribution in [0, 0.1) is 0 Å². The van der Waals surface area contributed by atoms with Gasteiger partial charge in [0.2, 0.25) is 0 Å². The van der Waals surface area contributed by atoms with Crippen molar-refractivity contribution < 1.29 is 23.7 Å². The number of pyridine rings is 1. The van der Waals surface area contributed by atoms with E-state index in [0.717, 1.165) is 27.6 Å². The molecule has 8 heteroatoms. The van der Waals surface area contributed by atoms with Crippen molar-refractivity contribution >= 4 is 17.3 Å². The number of benzene rings is 2. The molecular weight excluding hydrogens is 452 g/mol. The number of rotatable bonds is 10. The van der Waals surface area contributed by atoms with Gasteiger partial charge in [0.1, 0.15) is 24.0 Å². The molecule has 174 valence electrons. The van der Waals surface area contributed by atoms with Crippen molar-refractivity contribution in [2.75, 3.05) is 14.2 Å². The van der Waals surface area contributed by atoms with Crippen LogP contribution in [0.4, 0.5) is 0 Å². The van der Waals surface area contributed by atoms with Gasteiger partial charge in [0.05, 0.1) is 32.0 Å². The molecule has 2 aromatic heterocycles. The molecule has 0 amide bonds.